The molecular formula is C19H28N4O3S. The van der Waals surface area contributed by atoms with Gasteiger partial charge < -0.3 is 4.90 Å². The molecule has 2 unspecified atom stereocenters. The van der Waals surface area contributed by atoms with Crippen molar-refractivity contribution in [2.45, 2.75) is 45.2 Å². The van der Waals surface area contributed by atoms with E-state index in [0.717, 1.165) is 36.9 Å². The van der Waals surface area contributed by atoms with Gasteiger partial charge in [-0.3, -0.25) is 9.69 Å². The molecule has 2 rings (SSSR count). The fourth-order valence-corrected chi connectivity index (χ4v) is 4.19. The van der Waals surface area contributed by atoms with Gasteiger partial charge in [0.05, 0.1) is 24.8 Å². The summed E-state index contributed by atoms with van der Waals surface area (Å²) in [7, 11) is -3.28. The summed E-state index contributed by atoms with van der Waals surface area (Å²) in [5, 5.41) is 8.95. The average molecular weight is 393 g/mol. The number of carbonyl (C=O) groups excluding carboxylic acids is 1. The summed E-state index contributed by atoms with van der Waals surface area (Å²) in [4.78, 5) is 16.8. The van der Waals surface area contributed by atoms with Crippen LogP contribution in [-0.2, 0) is 14.8 Å². The van der Waals surface area contributed by atoms with E-state index in [9.17, 15) is 13.2 Å². The lowest BCUT2D eigenvalue weighted by atomic mass is 10.0. The van der Waals surface area contributed by atoms with Crippen LogP contribution in [-0.4, -0.2) is 57.2 Å². The molecule has 8 heteroatoms. The standard InChI is InChI=1S/C19H28N4O3S/c1-15-7-9-18(10-8-15)23(13-5-11-20)19(24)16(2)22-12-4-6-17(14-22)21-27(3,25)26/h7-10,16-17,21H,4-6,12-14H2,1-3H3. The number of likely N-dealkylation sites (tertiary alicyclic amines) is 1. The largest absolute Gasteiger partial charge is 0.310 e. The number of hydrogen-bond acceptors (Lipinski definition) is 5. The van der Waals surface area contributed by atoms with Crippen molar-refractivity contribution in [1.82, 2.24) is 9.62 Å². The summed E-state index contributed by atoms with van der Waals surface area (Å²) < 4.78 is 25.7. The van der Waals surface area contributed by atoms with E-state index in [2.05, 4.69) is 10.8 Å². The van der Waals surface area contributed by atoms with Crippen molar-refractivity contribution in [1.29, 1.82) is 5.26 Å². The second-order valence-corrected chi connectivity index (χ2v) is 8.91. The summed E-state index contributed by atoms with van der Waals surface area (Å²) >= 11 is 0. The molecule has 1 aliphatic rings. The van der Waals surface area contributed by atoms with Crippen LogP contribution in [0.15, 0.2) is 24.3 Å². The number of sulfonamides is 1. The van der Waals surface area contributed by atoms with E-state index < -0.39 is 16.1 Å². The number of hydrogen-bond donors (Lipinski definition) is 1. The van der Waals surface area contributed by atoms with E-state index in [1.165, 1.54) is 0 Å². The summed E-state index contributed by atoms with van der Waals surface area (Å²) in [6.07, 6.45) is 3.00. The van der Waals surface area contributed by atoms with E-state index >= 15 is 0 Å². The fraction of sp³-hybridized carbons (Fsp3) is 0.579. The minimum atomic E-state index is -3.28. The van der Waals surface area contributed by atoms with E-state index in [4.69, 9.17) is 5.26 Å². The Morgan fingerprint density at radius 1 is 1.41 bits per heavy atom. The molecule has 1 aromatic carbocycles. The van der Waals surface area contributed by atoms with Gasteiger partial charge in [0.1, 0.15) is 0 Å². The molecule has 27 heavy (non-hydrogen) atoms. The van der Waals surface area contributed by atoms with Gasteiger partial charge in [-0.25, -0.2) is 13.1 Å². The van der Waals surface area contributed by atoms with Crippen LogP contribution in [0.3, 0.4) is 0 Å². The van der Waals surface area contributed by atoms with Gasteiger partial charge in [0.15, 0.2) is 0 Å². The molecule has 148 valence electrons. The number of carbonyl (C=O) groups is 1. The summed E-state index contributed by atoms with van der Waals surface area (Å²) in [6.45, 7) is 5.41. The third-order valence-electron chi connectivity index (χ3n) is 4.80. The number of benzene rings is 1. The van der Waals surface area contributed by atoms with Crippen molar-refractivity contribution in [2.24, 2.45) is 0 Å². The quantitative estimate of drug-likeness (QED) is 0.761. The van der Waals surface area contributed by atoms with Crippen LogP contribution in [0, 0.1) is 18.3 Å². The Bertz CT molecular complexity index is 786. The van der Waals surface area contributed by atoms with Crippen molar-refractivity contribution < 1.29 is 13.2 Å². The van der Waals surface area contributed by atoms with Gasteiger partial charge >= 0.3 is 0 Å². The lowest BCUT2D eigenvalue weighted by Crippen LogP contribution is -2.54. The number of nitriles is 1. The van der Waals surface area contributed by atoms with Crippen LogP contribution in [0.1, 0.15) is 31.7 Å². The number of rotatable bonds is 7. The Labute approximate surface area is 162 Å². The number of anilines is 1. The average Bonchev–Trinajstić information content (AvgIpc) is 2.61. The summed E-state index contributed by atoms with van der Waals surface area (Å²) in [5.74, 6) is -0.0749. The van der Waals surface area contributed by atoms with Gasteiger partial charge in [-0.2, -0.15) is 5.26 Å². The third-order valence-corrected chi connectivity index (χ3v) is 5.56. The van der Waals surface area contributed by atoms with Crippen molar-refractivity contribution in [3.05, 3.63) is 29.8 Å². The second-order valence-electron chi connectivity index (χ2n) is 7.13. The first-order valence-electron chi connectivity index (χ1n) is 9.17. The monoisotopic (exact) mass is 392 g/mol. The van der Waals surface area contributed by atoms with Crippen LogP contribution in [0.2, 0.25) is 0 Å². The van der Waals surface area contributed by atoms with Crippen molar-refractivity contribution in [3.63, 3.8) is 0 Å². The first-order valence-corrected chi connectivity index (χ1v) is 11.1. The number of piperidine rings is 1. The van der Waals surface area contributed by atoms with E-state index in [1.54, 1.807) is 4.90 Å². The van der Waals surface area contributed by atoms with Crippen LogP contribution >= 0.6 is 0 Å². The molecule has 2 atom stereocenters. The zero-order chi connectivity index (χ0) is 20.0. The number of amides is 1. The highest BCUT2D eigenvalue weighted by Crippen LogP contribution is 2.20. The molecule has 1 fully saturated rings. The maximum atomic E-state index is 13.2. The summed E-state index contributed by atoms with van der Waals surface area (Å²) in [6, 6.07) is 9.19. The molecule has 1 N–H and O–H groups in total. The molecular weight excluding hydrogens is 364 g/mol. The van der Waals surface area contributed by atoms with Crippen LogP contribution in [0.4, 0.5) is 5.69 Å². The van der Waals surface area contributed by atoms with Crippen molar-refractivity contribution in [2.75, 3.05) is 30.8 Å². The maximum absolute atomic E-state index is 13.2. The predicted molar refractivity (Wildman–Crippen MR) is 106 cm³/mol. The highest BCUT2D eigenvalue weighted by atomic mass is 32.2. The Balaban J connectivity index is 2.13. The summed E-state index contributed by atoms with van der Waals surface area (Å²) in [5.41, 5.74) is 1.88. The Morgan fingerprint density at radius 2 is 2.07 bits per heavy atom. The zero-order valence-electron chi connectivity index (χ0n) is 16.2. The molecule has 0 spiro atoms. The molecule has 1 amide bonds. The second kappa shape index (κ2) is 9.31. The first kappa shape index (κ1) is 21.4. The highest BCUT2D eigenvalue weighted by Gasteiger charge is 2.31. The minimum absolute atomic E-state index is 0.0749. The van der Waals surface area contributed by atoms with Crippen molar-refractivity contribution >= 4 is 21.6 Å². The molecule has 0 aliphatic carbocycles. The molecule has 0 radical (unpaired) electrons. The Morgan fingerprint density at radius 3 is 2.67 bits per heavy atom. The minimum Gasteiger partial charge on any atom is -0.310 e. The molecule has 1 aliphatic heterocycles. The predicted octanol–water partition coefficient (Wildman–Crippen LogP) is 1.64. The normalized spacial score (nSPS) is 19.3. The van der Waals surface area contributed by atoms with Crippen LogP contribution < -0.4 is 9.62 Å². The number of aryl methyl sites for hydroxylation is 1. The molecule has 0 saturated carbocycles. The van der Waals surface area contributed by atoms with E-state index in [0.29, 0.717) is 13.1 Å². The molecule has 0 bridgehead atoms. The van der Waals surface area contributed by atoms with Gasteiger partial charge in [-0.05, 0) is 45.4 Å². The highest BCUT2D eigenvalue weighted by molar-refractivity contribution is 7.88. The molecule has 1 heterocycles. The van der Waals surface area contributed by atoms with Gasteiger partial charge in [-0.15, -0.1) is 0 Å². The molecule has 1 saturated heterocycles. The Kier molecular flexibility index (Phi) is 7.36. The SMILES string of the molecule is Cc1ccc(N(CCC#N)C(=O)C(C)N2CCCC(NS(C)(=O)=O)C2)cc1. The van der Waals surface area contributed by atoms with Crippen LogP contribution in [0.5, 0.6) is 0 Å². The lowest BCUT2D eigenvalue weighted by Gasteiger charge is -2.38. The zero-order valence-corrected chi connectivity index (χ0v) is 17.0. The Hall–Kier alpha value is -1.95. The van der Waals surface area contributed by atoms with Gasteiger partial charge in [-0.1, -0.05) is 17.7 Å². The smallest absolute Gasteiger partial charge is 0.244 e. The third kappa shape index (κ3) is 6.31. The van der Waals surface area contributed by atoms with Gasteiger partial charge in [0.2, 0.25) is 15.9 Å². The van der Waals surface area contributed by atoms with Gasteiger partial charge in [0.25, 0.3) is 0 Å². The lowest BCUT2D eigenvalue weighted by molar-refractivity contribution is -0.123. The van der Waals surface area contributed by atoms with Crippen LogP contribution in [0.25, 0.3) is 0 Å². The van der Waals surface area contributed by atoms with Gasteiger partial charge in [0, 0.05) is 24.8 Å². The van der Waals surface area contributed by atoms with E-state index in [1.807, 2.05) is 43.0 Å². The maximum Gasteiger partial charge on any atom is 0.244 e. The van der Waals surface area contributed by atoms with Crippen molar-refractivity contribution in [3.8, 4) is 6.07 Å². The molecule has 0 aromatic heterocycles. The topological polar surface area (TPSA) is 93.5 Å². The van der Waals surface area contributed by atoms with E-state index in [-0.39, 0.29) is 18.4 Å². The number of nitrogens with zero attached hydrogens (tertiary/aromatic N) is 3. The molecule has 1 aromatic rings. The fourth-order valence-electron chi connectivity index (χ4n) is 3.39. The number of nitrogens with one attached hydrogen (secondary N) is 1. The molecule has 7 nitrogen and oxygen atoms in total. The first-order chi connectivity index (χ1) is 12.7.